The van der Waals surface area contributed by atoms with Crippen molar-refractivity contribution < 1.29 is 14.3 Å². The van der Waals surface area contributed by atoms with E-state index < -0.39 is 5.54 Å². The van der Waals surface area contributed by atoms with Crippen LogP contribution in [0.4, 0.5) is 0 Å². The van der Waals surface area contributed by atoms with Crippen molar-refractivity contribution in [3.05, 3.63) is 41.3 Å². The number of thiophene rings is 1. The number of benzene rings is 1. The SMILES string of the molecule is COC(=O)C1(NC(=O)c2ccc(-c3nc4ccccc4s3)s2)CCCCC1. The second kappa shape index (κ2) is 7.40. The number of ether oxygens (including phenoxy) is 1. The summed E-state index contributed by atoms with van der Waals surface area (Å²) in [7, 11) is 1.38. The number of carbonyl (C=O) groups is 2. The fraction of sp³-hybridized carbons (Fsp3) is 0.350. The summed E-state index contributed by atoms with van der Waals surface area (Å²) < 4.78 is 6.10. The highest BCUT2D eigenvalue weighted by Gasteiger charge is 2.42. The van der Waals surface area contributed by atoms with Gasteiger partial charge in [-0.25, -0.2) is 9.78 Å². The number of hydrogen-bond acceptors (Lipinski definition) is 6. The zero-order valence-corrected chi connectivity index (χ0v) is 16.6. The van der Waals surface area contributed by atoms with Gasteiger partial charge in [-0.05, 0) is 37.1 Å². The zero-order valence-electron chi connectivity index (χ0n) is 15.0. The number of hydrogen-bond donors (Lipinski definition) is 1. The van der Waals surface area contributed by atoms with Crippen LogP contribution in [-0.4, -0.2) is 29.5 Å². The number of para-hydroxylation sites is 1. The lowest BCUT2D eigenvalue weighted by Gasteiger charge is -2.35. The molecule has 1 saturated carbocycles. The van der Waals surface area contributed by atoms with Crippen LogP contribution >= 0.6 is 22.7 Å². The first-order valence-electron chi connectivity index (χ1n) is 8.98. The molecule has 0 unspecified atom stereocenters. The molecule has 1 N–H and O–H groups in total. The molecule has 0 spiro atoms. The van der Waals surface area contributed by atoms with Gasteiger partial charge in [0.05, 0.1) is 27.1 Å². The summed E-state index contributed by atoms with van der Waals surface area (Å²) >= 11 is 3.01. The Morgan fingerprint density at radius 1 is 1.07 bits per heavy atom. The molecular formula is C20H20N2O3S2. The summed E-state index contributed by atoms with van der Waals surface area (Å²) in [6, 6.07) is 11.7. The van der Waals surface area contributed by atoms with Crippen LogP contribution in [0.25, 0.3) is 20.1 Å². The minimum absolute atomic E-state index is 0.223. The molecule has 1 aliphatic carbocycles. The van der Waals surface area contributed by atoms with Crippen LogP contribution in [0.15, 0.2) is 36.4 Å². The number of esters is 1. The number of rotatable bonds is 4. The molecular weight excluding hydrogens is 380 g/mol. The molecule has 0 radical (unpaired) electrons. The lowest BCUT2D eigenvalue weighted by Crippen LogP contribution is -2.56. The average Bonchev–Trinajstić information content (AvgIpc) is 3.34. The molecule has 1 amide bonds. The fourth-order valence-electron chi connectivity index (χ4n) is 3.56. The summed E-state index contributed by atoms with van der Waals surface area (Å²) in [5.74, 6) is -0.571. The molecule has 0 bridgehead atoms. The molecule has 5 nitrogen and oxygen atoms in total. The third-order valence-corrected chi connectivity index (χ3v) is 7.26. The van der Waals surface area contributed by atoms with Gasteiger partial charge < -0.3 is 10.1 Å². The van der Waals surface area contributed by atoms with Gasteiger partial charge in [-0.3, -0.25) is 4.79 Å². The number of nitrogens with one attached hydrogen (secondary N) is 1. The van der Waals surface area contributed by atoms with Gasteiger partial charge in [-0.2, -0.15) is 0 Å². The Balaban J connectivity index is 1.56. The van der Waals surface area contributed by atoms with E-state index >= 15 is 0 Å². The Morgan fingerprint density at radius 3 is 2.59 bits per heavy atom. The van der Waals surface area contributed by atoms with E-state index in [-0.39, 0.29) is 11.9 Å². The molecule has 7 heteroatoms. The van der Waals surface area contributed by atoms with Gasteiger partial charge in [0.15, 0.2) is 0 Å². The van der Waals surface area contributed by atoms with Crippen LogP contribution in [0, 0.1) is 0 Å². The van der Waals surface area contributed by atoms with Crippen LogP contribution in [-0.2, 0) is 9.53 Å². The highest BCUT2D eigenvalue weighted by atomic mass is 32.1. The van der Waals surface area contributed by atoms with Gasteiger partial charge in [0.1, 0.15) is 10.5 Å². The van der Waals surface area contributed by atoms with Crippen molar-refractivity contribution in [1.82, 2.24) is 10.3 Å². The quantitative estimate of drug-likeness (QED) is 0.648. The van der Waals surface area contributed by atoms with Crippen LogP contribution in [0.2, 0.25) is 0 Å². The molecule has 2 aromatic heterocycles. The van der Waals surface area contributed by atoms with Crippen LogP contribution < -0.4 is 5.32 Å². The maximum Gasteiger partial charge on any atom is 0.331 e. The van der Waals surface area contributed by atoms with E-state index in [1.54, 1.807) is 17.4 Å². The Kier molecular flexibility index (Phi) is 4.97. The van der Waals surface area contributed by atoms with Crippen molar-refractivity contribution in [3.63, 3.8) is 0 Å². The first-order chi connectivity index (χ1) is 13.1. The minimum atomic E-state index is -0.899. The third kappa shape index (κ3) is 3.49. The van der Waals surface area contributed by atoms with Crippen molar-refractivity contribution in [2.24, 2.45) is 0 Å². The van der Waals surface area contributed by atoms with Gasteiger partial charge in [-0.15, -0.1) is 22.7 Å². The number of fused-ring (bicyclic) bond motifs is 1. The minimum Gasteiger partial charge on any atom is -0.467 e. The highest BCUT2D eigenvalue weighted by molar-refractivity contribution is 7.26. The predicted molar refractivity (Wildman–Crippen MR) is 108 cm³/mol. The molecule has 1 fully saturated rings. The lowest BCUT2D eigenvalue weighted by molar-refractivity contribution is -0.149. The van der Waals surface area contributed by atoms with Gasteiger partial charge >= 0.3 is 5.97 Å². The standard InChI is InChI=1S/C20H20N2O3S2/c1-25-19(24)20(11-5-2-6-12-20)22-17(23)15-9-10-16(26-15)18-21-13-7-3-4-8-14(13)27-18/h3-4,7-10H,2,5-6,11-12H2,1H3,(H,22,23). The van der Waals surface area contributed by atoms with E-state index in [1.807, 2.05) is 30.3 Å². The monoisotopic (exact) mass is 400 g/mol. The first-order valence-corrected chi connectivity index (χ1v) is 10.6. The molecule has 27 heavy (non-hydrogen) atoms. The molecule has 140 valence electrons. The van der Waals surface area contributed by atoms with E-state index in [0.29, 0.717) is 17.7 Å². The second-order valence-electron chi connectivity index (χ2n) is 6.74. The van der Waals surface area contributed by atoms with Crippen molar-refractivity contribution in [3.8, 4) is 9.88 Å². The molecule has 1 aromatic carbocycles. The summed E-state index contributed by atoms with van der Waals surface area (Å²) in [5.41, 5.74) is 0.0631. The topological polar surface area (TPSA) is 68.3 Å². The normalized spacial score (nSPS) is 16.2. The number of methoxy groups -OCH3 is 1. The zero-order chi connectivity index (χ0) is 18.9. The predicted octanol–water partition coefficient (Wildman–Crippen LogP) is 4.63. The third-order valence-electron chi connectivity index (χ3n) is 4.97. The molecule has 0 atom stereocenters. The van der Waals surface area contributed by atoms with Crippen molar-refractivity contribution in [1.29, 1.82) is 0 Å². The van der Waals surface area contributed by atoms with Gasteiger partial charge in [-0.1, -0.05) is 31.4 Å². The van der Waals surface area contributed by atoms with E-state index in [1.165, 1.54) is 18.4 Å². The number of nitrogens with zero attached hydrogens (tertiary/aromatic N) is 1. The molecule has 1 aliphatic rings. The van der Waals surface area contributed by atoms with Crippen molar-refractivity contribution in [2.45, 2.75) is 37.6 Å². The largest absolute Gasteiger partial charge is 0.467 e. The summed E-state index contributed by atoms with van der Waals surface area (Å²) in [6.07, 6.45) is 4.16. The average molecular weight is 401 g/mol. The summed E-state index contributed by atoms with van der Waals surface area (Å²) in [4.78, 5) is 31.4. The number of amides is 1. The molecule has 0 aliphatic heterocycles. The number of carbonyl (C=O) groups excluding carboxylic acids is 2. The van der Waals surface area contributed by atoms with Crippen molar-refractivity contribution in [2.75, 3.05) is 7.11 Å². The van der Waals surface area contributed by atoms with Crippen LogP contribution in [0.3, 0.4) is 0 Å². The highest BCUT2D eigenvalue weighted by Crippen LogP contribution is 2.35. The van der Waals surface area contributed by atoms with Crippen LogP contribution in [0.5, 0.6) is 0 Å². The molecule has 0 saturated heterocycles. The van der Waals surface area contributed by atoms with Gasteiger partial charge in [0.2, 0.25) is 0 Å². The lowest BCUT2D eigenvalue weighted by atomic mass is 9.81. The summed E-state index contributed by atoms with van der Waals surface area (Å²) in [6.45, 7) is 0. The summed E-state index contributed by atoms with van der Waals surface area (Å²) in [5, 5.41) is 3.87. The number of aromatic nitrogens is 1. The smallest absolute Gasteiger partial charge is 0.331 e. The van der Waals surface area contributed by atoms with E-state index in [9.17, 15) is 9.59 Å². The maximum atomic E-state index is 12.8. The molecule has 2 heterocycles. The molecule has 3 aromatic rings. The van der Waals surface area contributed by atoms with Gasteiger partial charge in [0.25, 0.3) is 5.91 Å². The Labute approximate surface area is 165 Å². The van der Waals surface area contributed by atoms with Gasteiger partial charge in [0, 0.05) is 0 Å². The van der Waals surface area contributed by atoms with E-state index in [4.69, 9.17) is 4.74 Å². The fourth-order valence-corrected chi connectivity index (χ4v) is 5.48. The first kappa shape index (κ1) is 18.1. The van der Waals surface area contributed by atoms with E-state index in [0.717, 1.165) is 39.4 Å². The van der Waals surface area contributed by atoms with Crippen LogP contribution in [0.1, 0.15) is 41.8 Å². The van der Waals surface area contributed by atoms with Crippen molar-refractivity contribution >= 4 is 44.8 Å². The maximum absolute atomic E-state index is 12.8. The Bertz CT molecular complexity index is 953. The number of thiazole rings is 1. The Hall–Kier alpha value is -2.25. The van der Waals surface area contributed by atoms with E-state index in [2.05, 4.69) is 10.3 Å². The Morgan fingerprint density at radius 2 is 1.85 bits per heavy atom. The second-order valence-corrected chi connectivity index (χ2v) is 8.85. The molecule has 4 rings (SSSR count).